The Hall–Kier alpha value is -2.27. The van der Waals surface area contributed by atoms with Crippen LogP contribution in [0.3, 0.4) is 0 Å². The van der Waals surface area contributed by atoms with Crippen LogP contribution in [-0.2, 0) is 6.54 Å². The first-order valence-corrected chi connectivity index (χ1v) is 6.11. The summed E-state index contributed by atoms with van der Waals surface area (Å²) in [5.74, 6) is 1.43. The van der Waals surface area contributed by atoms with Crippen molar-refractivity contribution in [1.29, 1.82) is 0 Å². The van der Waals surface area contributed by atoms with Crippen LogP contribution in [0.2, 0.25) is 5.02 Å². The van der Waals surface area contributed by atoms with E-state index in [0.717, 1.165) is 16.7 Å². The number of halogens is 1. The molecule has 19 heavy (non-hydrogen) atoms. The molecule has 3 rings (SSSR count). The lowest BCUT2D eigenvalue weighted by Gasteiger charge is -2.07. The number of anilines is 1. The highest BCUT2D eigenvalue weighted by Gasteiger charge is 2.04. The molecule has 0 amide bonds. The fourth-order valence-corrected chi connectivity index (χ4v) is 1.93. The van der Waals surface area contributed by atoms with E-state index in [4.69, 9.17) is 11.6 Å². The SMILES string of the molecule is Clc1ccc2ncnc(NCc3ncccn3)c2c1. The maximum atomic E-state index is 6.00. The van der Waals surface area contributed by atoms with Crippen molar-refractivity contribution >= 4 is 28.3 Å². The Bertz CT molecular complexity index is 702. The van der Waals surface area contributed by atoms with Crippen molar-refractivity contribution in [2.75, 3.05) is 5.32 Å². The molecular weight excluding hydrogens is 262 g/mol. The van der Waals surface area contributed by atoms with Gasteiger partial charge in [-0.1, -0.05) is 11.6 Å². The van der Waals surface area contributed by atoms with Crippen molar-refractivity contribution in [2.45, 2.75) is 6.54 Å². The summed E-state index contributed by atoms with van der Waals surface area (Å²) < 4.78 is 0. The van der Waals surface area contributed by atoms with Crippen LogP contribution in [0.25, 0.3) is 10.9 Å². The summed E-state index contributed by atoms with van der Waals surface area (Å²) in [6.45, 7) is 0.499. The van der Waals surface area contributed by atoms with Gasteiger partial charge in [0, 0.05) is 22.8 Å². The van der Waals surface area contributed by atoms with Crippen LogP contribution in [0.4, 0.5) is 5.82 Å². The van der Waals surface area contributed by atoms with E-state index in [2.05, 4.69) is 25.3 Å². The standard InChI is InChI=1S/C13H10ClN5/c14-9-2-3-11-10(6-9)13(19-8-18-11)17-7-12-15-4-1-5-16-12/h1-6,8H,7H2,(H,17,18,19). The van der Waals surface area contributed by atoms with Crippen LogP contribution in [0.1, 0.15) is 5.82 Å². The highest BCUT2D eigenvalue weighted by atomic mass is 35.5. The van der Waals surface area contributed by atoms with Crippen molar-refractivity contribution in [2.24, 2.45) is 0 Å². The Labute approximate surface area is 114 Å². The van der Waals surface area contributed by atoms with E-state index in [0.29, 0.717) is 17.4 Å². The molecule has 6 heteroatoms. The predicted molar refractivity (Wildman–Crippen MR) is 73.9 cm³/mol. The smallest absolute Gasteiger partial charge is 0.147 e. The van der Waals surface area contributed by atoms with Gasteiger partial charge in [0.2, 0.25) is 0 Å². The van der Waals surface area contributed by atoms with Crippen molar-refractivity contribution in [3.8, 4) is 0 Å². The Morgan fingerprint density at radius 3 is 2.74 bits per heavy atom. The topological polar surface area (TPSA) is 63.6 Å². The van der Waals surface area contributed by atoms with E-state index in [1.54, 1.807) is 24.5 Å². The molecular formula is C13H10ClN5. The summed E-state index contributed by atoms with van der Waals surface area (Å²) in [7, 11) is 0. The second-order valence-electron chi connectivity index (χ2n) is 3.90. The highest BCUT2D eigenvalue weighted by Crippen LogP contribution is 2.23. The van der Waals surface area contributed by atoms with Crippen molar-refractivity contribution < 1.29 is 0 Å². The fraction of sp³-hybridized carbons (Fsp3) is 0.0769. The molecule has 3 aromatic rings. The van der Waals surface area contributed by atoms with E-state index in [9.17, 15) is 0 Å². The van der Waals surface area contributed by atoms with Crippen LogP contribution < -0.4 is 5.32 Å². The van der Waals surface area contributed by atoms with Crippen molar-refractivity contribution in [3.05, 3.63) is 53.8 Å². The van der Waals surface area contributed by atoms with E-state index in [1.807, 2.05) is 12.1 Å². The maximum Gasteiger partial charge on any atom is 0.147 e. The molecule has 94 valence electrons. The molecule has 0 spiro atoms. The third kappa shape index (κ3) is 2.61. The van der Waals surface area contributed by atoms with Crippen LogP contribution in [-0.4, -0.2) is 19.9 Å². The molecule has 0 atom stereocenters. The number of fused-ring (bicyclic) bond motifs is 1. The number of hydrogen-bond donors (Lipinski definition) is 1. The average molecular weight is 272 g/mol. The lowest BCUT2D eigenvalue weighted by Crippen LogP contribution is -2.05. The molecule has 1 N–H and O–H groups in total. The molecule has 2 aromatic heterocycles. The largest absolute Gasteiger partial charge is 0.362 e. The number of rotatable bonds is 3. The first-order valence-electron chi connectivity index (χ1n) is 5.73. The molecule has 0 fully saturated rings. The van der Waals surface area contributed by atoms with Crippen LogP contribution in [0, 0.1) is 0 Å². The first-order chi connectivity index (χ1) is 9.33. The Kier molecular flexibility index (Phi) is 3.20. The second-order valence-corrected chi connectivity index (χ2v) is 4.34. The van der Waals surface area contributed by atoms with Gasteiger partial charge in [0.15, 0.2) is 0 Å². The zero-order valence-electron chi connectivity index (χ0n) is 9.92. The molecule has 5 nitrogen and oxygen atoms in total. The molecule has 0 bridgehead atoms. The minimum absolute atomic E-state index is 0.499. The average Bonchev–Trinajstić information content (AvgIpc) is 2.46. The summed E-state index contributed by atoms with van der Waals surface area (Å²) in [4.78, 5) is 16.7. The van der Waals surface area contributed by atoms with Gasteiger partial charge in [0.1, 0.15) is 18.0 Å². The van der Waals surface area contributed by atoms with Crippen molar-refractivity contribution in [3.63, 3.8) is 0 Å². The van der Waals surface area contributed by atoms with Crippen LogP contribution in [0.15, 0.2) is 43.0 Å². The molecule has 0 aliphatic carbocycles. The van der Waals surface area contributed by atoms with Gasteiger partial charge >= 0.3 is 0 Å². The number of nitrogens with zero attached hydrogens (tertiary/aromatic N) is 4. The Balaban J connectivity index is 1.90. The number of nitrogens with one attached hydrogen (secondary N) is 1. The van der Waals surface area contributed by atoms with Gasteiger partial charge in [0.05, 0.1) is 12.1 Å². The van der Waals surface area contributed by atoms with Crippen molar-refractivity contribution in [1.82, 2.24) is 19.9 Å². The third-order valence-corrected chi connectivity index (χ3v) is 2.87. The van der Waals surface area contributed by atoms with E-state index < -0.39 is 0 Å². The first kappa shape index (κ1) is 11.8. The molecule has 0 radical (unpaired) electrons. The maximum absolute atomic E-state index is 6.00. The normalized spacial score (nSPS) is 10.6. The molecule has 1 aromatic carbocycles. The molecule has 0 aliphatic rings. The summed E-state index contributed by atoms with van der Waals surface area (Å²) in [6, 6.07) is 7.29. The third-order valence-electron chi connectivity index (χ3n) is 2.63. The van der Waals surface area contributed by atoms with Crippen LogP contribution >= 0.6 is 11.6 Å². The summed E-state index contributed by atoms with van der Waals surface area (Å²) in [5.41, 5.74) is 0.843. The van der Waals surface area contributed by atoms with Gasteiger partial charge in [-0.3, -0.25) is 0 Å². The Morgan fingerprint density at radius 1 is 1.05 bits per heavy atom. The second kappa shape index (κ2) is 5.16. The quantitative estimate of drug-likeness (QED) is 0.793. The van der Waals surface area contributed by atoms with Gasteiger partial charge < -0.3 is 5.32 Å². The molecule has 0 unspecified atom stereocenters. The number of aromatic nitrogens is 4. The fourth-order valence-electron chi connectivity index (χ4n) is 1.75. The Morgan fingerprint density at radius 2 is 1.89 bits per heavy atom. The van der Waals surface area contributed by atoms with E-state index in [-0.39, 0.29) is 0 Å². The zero-order valence-corrected chi connectivity index (χ0v) is 10.7. The molecule has 2 heterocycles. The summed E-state index contributed by atoms with van der Waals surface area (Å²) in [5, 5.41) is 4.73. The zero-order chi connectivity index (χ0) is 13.1. The number of benzene rings is 1. The molecule has 0 saturated heterocycles. The van der Waals surface area contributed by atoms with Gasteiger partial charge in [-0.15, -0.1) is 0 Å². The van der Waals surface area contributed by atoms with Gasteiger partial charge in [-0.05, 0) is 24.3 Å². The minimum Gasteiger partial charge on any atom is -0.362 e. The lowest BCUT2D eigenvalue weighted by molar-refractivity contribution is 0.941. The minimum atomic E-state index is 0.499. The number of hydrogen-bond acceptors (Lipinski definition) is 5. The van der Waals surface area contributed by atoms with E-state index in [1.165, 1.54) is 6.33 Å². The monoisotopic (exact) mass is 271 g/mol. The van der Waals surface area contributed by atoms with Gasteiger partial charge in [-0.25, -0.2) is 19.9 Å². The molecule has 0 aliphatic heterocycles. The lowest BCUT2D eigenvalue weighted by atomic mass is 10.2. The van der Waals surface area contributed by atoms with Crippen LogP contribution in [0.5, 0.6) is 0 Å². The highest BCUT2D eigenvalue weighted by molar-refractivity contribution is 6.31. The van der Waals surface area contributed by atoms with Gasteiger partial charge in [0.25, 0.3) is 0 Å². The predicted octanol–water partition coefficient (Wildman–Crippen LogP) is 2.69. The summed E-state index contributed by atoms with van der Waals surface area (Å²) in [6.07, 6.45) is 4.93. The molecule has 0 saturated carbocycles. The summed E-state index contributed by atoms with van der Waals surface area (Å²) >= 11 is 6.00. The van der Waals surface area contributed by atoms with Gasteiger partial charge in [-0.2, -0.15) is 0 Å². The van der Waals surface area contributed by atoms with E-state index >= 15 is 0 Å².